The minimum Gasteiger partial charge on any atom is -0.382 e. The third-order valence-electron chi connectivity index (χ3n) is 1.76. The van der Waals surface area contributed by atoms with Crippen LogP contribution in [0.5, 0.6) is 0 Å². The number of nitrogens with zero attached hydrogens (tertiary/aromatic N) is 2. The summed E-state index contributed by atoms with van der Waals surface area (Å²) in [6.07, 6.45) is 2.59. The molecule has 84 valence electrons. The molecule has 1 rings (SSSR count). The van der Waals surface area contributed by atoms with Crippen molar-refractivity contribution in [1.29, 1.82) is 0 Å². The van der Waals surface area contributed by atoms with E-state index in [-0.39, 0.29) is 0 Å². The number of rotatable bonds is 7. The van der Waals surface area contributed by atoms with E-state index in [1.54, 1.807) is 12.3 Å². The summed E-state index contributed by atoms with van der Waals surface area (Å²) < 4.78 is 5.21. The zero-order valence-corrected chi connectivity index (χ0v) is 8.86. The lowest BCUT2D eigenvalue weighted by Crippen LogP contribution is -2.12. The van der Waals surface area contributed by atoms with Crippen molar-refractivity contribution in [2.24, 2.45) is 5.84 Å². The van der Waals surface area contributed by atoms with Gasteiger partial charge in [-0.15, -0.1) is 0 Å². The van der Waals surface area contributed by atoms with E-state index in [1.165, 1.54) is 0 Å². The van der Waals surface area contributed by atoms with Crippen molar-refractivity contribution in [2.75, 3.05) is 30.5 Å². The largest absolute Gasteiger partial charge is 0.382 e. The van der Waals surface area contributed by atoms with Gasteiger partial charge in [-0.25, -0.2) is 10.8 Å². The third-order valence-corrected chi connectivity index (χ3v) is 1.76. The van der Waals surface area contributed by atoms with Gasteiger partial charge in [-0.2, -0.15) is 4.98 Å². The van der Waals surface area contributed by atoms with E-state index in [0.717, 1.165) is 32.0 Å². The van der Waals surface area contributed by atoms with Gasteiger partial charge in [-0.05, 0) is 19.4 Å². The van der Waals surface area contributed by atoms with Crippen LogP contribution in [0.25, 0.3) is 0 Å². The van der Waals surface area contributed by atoms with Gasteiger partial charge >= 0.3 is 0 Å². The van der Waals surface area contributed by atoms with Crippen LogP contribution in [0.3, 0.4) is 0 Å². The molecule has 0 spiro atoms. The molecule has 0 saturated heterocycles. The molecule has 0 saturated carbocycles. The van der Waals surface area contributed by atoms with Gasteiger partial charge in [0.25, 0.3) is 0 Å². The van der Waals surface area contributed by atoms with Gasteiger partial charge in [-0.3, -0.25) is 5.43 Å². The lowest BCUT2D eigenvalue weighted by molar-refractivity contribution is 0.147. The molecule has 1 heterocycles. The van der Waals surface area contributed by atoms with Crippen molar-refractivity contribution in [2.45, 2.75) is 13.3 Å². The quantitative estimate of drug-likeness (QED) is 0.348. The molecule has 0 aliphatic carbocycles. The summed E-state index contributed by atoms with van der Waals surface area (Å²) >= 11 is 0. The van der Waals surface area contributed by atoms with Gasteiger partial charge in [0.2, 0.25) is 5.95 Å². The Morgan fingerprint density at radius 1 is 1.53 bits per heavy atom. The van der Waals surface area contributed by atoms with Crippen LogP contribution >= 0.6 is 0 Å². The molecular weight excluding hydrogens is 194 g/mol. The van der Waals surface area contributed by atoms with E-state index in [4.69, 9.17) is 10.6 Å². The number of nitrogen functional groups attached to an aromatic ring is 1. The van der Waals surface area contributed by atoms with Gasteiger partial charge in [0.05, 0.1) is 0 Å². The van der Waals surface area contributed by atoms with Crippen LogP contribution in [0.1, 0.15) is 13.3 Å². The average molecular weight is 211 g/mol. The fourth-order valence-electron chi connectivity index (χ4n) is 1.06. The Kier molecular flexibility index (Phi) is 5.42. The standard InChI is InChI=1S/C9H17N5O/c1-2-15-7-3-5-11-8-4-6-12-9(13-8)14-10/h4,6H,2-3,5,7,10H2,1H3,(H2,11,12,13,14). The number of nitrogens with two attached hydrogens (primary N) is 1. The fourth-order valence-corrected chi connectivity index (χ4v) is 1.06. The lowest BCUT2D eigenvalue weighted by atomic mass is 10.4. The molecule has 0 atom stereocenters. The van der Waals surface area contributed by atoms with Crippen molar-refractivity contribution in [3.8, 4) is 0 Å². The van der Waals surface area contributed by atoms with Crippen LogP contribution in [0.15, 0.2) is 12.3 Å². The topological polar surface area (TPSA) is 85.1 Å². The number of ether oxygens (including phenoxy) is 1. The van der Waals surface area contributed by atoms with E-state index >= 15 is 0 Å². The average Bonchev–Trinajstić information content (AvgIpc) is 2.29. The SMILES string of the molecule is CCOCCCNc1ccnc(NN)n1. The molecule has 0 aliphatic heterocycles. The zero-order chi connectivity index (χ0) is 10.9. The normalized spacial score (nSPS) is 10.0. The van der Waals surface area contributed by atoms with Crippen LogP contribution in [-0.2, 0) is 4.74 Å². The molecule has 1 aromatic rings. The molecule has 0 aliphatic rings. The van der Waals surface area contributed by atoms with Crippen molar-refractivity contribution >= 4 is 11.8 Å². The first-order chi connectivity index (χ1) is 7.36. The molecular formula is C9H17N5O. The summed E-state index contributed by atoms with van der Waals surface area (Å²) in [5.74, 6) is 6.36. The number of hydrogen-bond acceptors (Lipinski definition) is 6. The Labute approximate surface area is 89.2 Å². The van der Waals surface area contributed by atoms with E-state index in [1.807, 2.05) is 6.92 Å². The van der Waals surface area contributed by atoms with E-state index < -0.39 is 0 Å². The molecule has 1 aromatic heterocycles. The van der Waals surface area contributed by atoms with E-state index in [0.29, 0.717) is 5.95 Å². The summed E-state index contributed by atoms with van der Waals surface area (Å²) in [5.41, 5.74) is 2.39. The number of nitrogens with one attached hydrogen (secondary N) is 2. The third kappa shape index (κ3) is 4.57. The van der Waals surface area contributed by atoms with Gasteiger partial charge < -0.3 is 10.1 Å². The second-order valence-corrected chi connectivity index (χ2v) is 2.89. The maximum absolute atomic E-state index is 5.21. The summed E-state index contributed by atoms with van der Waals surface area (Å²) in [5, 5.41) is 3.15. The van der Waals surface area contributed by atoms with Crippen LogP contribution in [0.4, 0.5) is 11.8 Å². The molecule has 0 aromatic carbocycles. The zero-order valence-electron chi connectivity index (χ0n) is 8.86. The lowest BCUT2D eigenvalue weighted by Gasteiger charge is -2.06. The highest BCUT2D eigenvalue weighted by atomic mass is 16.5. The van der Waals surface area contributed by atoms with E-state index in [9.17, 15) is 0 Å². The van der Waals surface area contributed by atoms with Crippen molar-refractivity contribution < 1.29 is 4.74 Å². The highest BCUT2D eigenvalue weighted by Crippen LogP contribution is 2.03. The first kappa shape index (κ1) is 11.7. The molecule has 6 heteroatoms. The maximum Gasteiger partial charge on any atom is 0.239 e. The summed E-state index contributed by atoms with van der Waals surface area (Å²) in [6, 6.07) is 1.79. The smallest absolute Gasteiger partial charge is 0.239 e. The summed E-state index contributed by atoms with van der Waals surface area (Å²) in [6.45, 7) is 4.32. The first-order valence-electron chi connectivity index (χ1n) is 4.98. The Hall–Kier alpha value is -1.40. The molecule has 0 bridgehead atoms. The van der Waals surface area contributed by atoms with Crippen LogP contribution in [-0.4, -0.2) is 29.7 Å². The number of hydrogen-bond donors (Lipinski definition) is 3. The predicted octanol–water partition coefficient (Wildman–Crippen LogP) is 0.601. The highest BCUT2D eigenvalue weighted by Gasteiger charge is 1.95. The number of hydrazine groups is 1. The second kappa shape index (κ2) is 6.97. The summed E-state index contributed by atoms with van der Waals surface area (Å²) in [7, 11) is 0. The molecule has 0 unspecified atom stereocenters. The molecule has 6 nitrogen and oxygen atoms in total. The summed E-state index contributed by atoms with van der Waals surface area (Å²) in [4.78, 5) is 8.01. The van der Waals surface area contributed by atoms with Crippen molar-refractivity contribution in [3.05, 3.63) is 12.3 Å². The minimum atomic E-state index is 0.407. The molecule has 15 heavy (non-hydrogen) atoms. The maximum atomic E-state index is 5.21. The predicted molar refractivity (Wildman–Crippen MR) is 59.4 cm³/mol. The number of anilines is 2. The Balaban J connectivity index is 2.24. The molecule has 0 amide bonds. The van der Waals surface area contributed by atoms with Crippen LogP contribution in [0, 0.1) is 0 Å². The molecule has 0 fully saturated rings. The first-order valence-corrected chi connectivity index (χ1v) is 4.98. The van der Waals surface area contributed by atoms with Crippen molar-refractivity contribution in [3.63, 3.8) is 0 Å². The molecule has 4 N–H and O–H groups in total. The van der Waals surface area contributed by atoms with Gasteiger partial charge in [0.1, 0.15) is 5.82 Å². The molecule has 0 radical (unpaired) electrons. The number of aromatic nitrogens is 2. The monoisotopic (exact) mass is 211 g/mol. The Morgan fingerprint density at radius 2 is 2.40 bits per heavy atom. The minimum absolute atomic E-state index is 0.407. The second-order valence-electron chi connectivity index (χ2n) is 2.89. The van der Waals surface area contributed by atoms with Gasteiger partial charge in [0, 0.05) is 26.0 Å². The highest BCUT2D eigenvalue weighted by molar-refractivity contribution is 5.38. The Bertz CT molecular complexity index is 281. The van der Waals surface area contributed by atoms with E-state index in [2.05, 4.69) is 20.7 Å². The Morgan fingerprint density at radius 3 is 3.13 bits per heavy atom. The van der Waals surface area contributed by atoms with Crippen molar-refractivity contribution in [1.82, 2.24) is 9.97 Å². The fraction of sp³-hybridized carbons (Fsp3) is 0.556. The van der Waals surface area contributed by atoms with Gasteiger partial charge in [-0.1, -0.05) is 0 Å². The van der Waals surface area contributed by atoms with Gasteiger partial charge in [0.15, 0.2) is 0 Å². The van der Waals surface area contributed by atoms with Crippen LogP contribution in [0.2, 0.25) is 0 Å². The van der Waals surface area contributed by atoms with Crippen LogP contribution < -0.4 is 16.6 Å².